The maximum absolute atomic E-state index is 12.4. The zero-order valence-electron chi connectivity index (χ0n) is 14.8. The summed E-state index contributed by atoms with van der Waals surface area (Å²) in [5.74, 6) is 0.564. The van der Waals surface area contributed by atoms with Gasteiger partial charge in [-0.3, -0.25) is 4.79 Å². The highest BCUT2D eigenvalue weighted by Gasteiger charge is 2.20. The number of hydrogen-bond acceptors (Lipinski definition) is 4. The summed E-state index contributed by atoms with van der Waals surface area (Å²) in [4.78, 5) is 12.4. The molecule has 1 amide bonds. The van der Waals surface area contributed by atoms with Crippen LogP contribution in [0.4, 0.5) is 0 Å². The molecule has 0 spiro atoms. The van der Waals surface area contributed by atoms with Crippen LogP contribution >= 0.6 is 35.0 Å². The number of thioether (sulfide) groups is 1. The van der Waals surface area contributed by atoms with Gasteiger partial charge in [-0.25, -0.2) is 0 Å². The van der Waals surface area contributed by atoms with Crippen molar-refractivity contribution in [1.29, 1.82) is 0 Å². The molecule has 3 rings (SSSR count). The summed E-state index contributed by atoms with van der Waals surface area (Å²) in [5, 5.41) is 12.9. The van der Waals surface area contributed by atoms with E-state index in [1.807, 2.05) is 61.0 Å². The van der Waals surface area contributed by atoms with Crippen LogP contribution in [0.5, 0.6) is 0 Å². The van der Waals surface area contributed by atoms with Crippen molar-refractivity contribution in [1.82, 2.24) is 20.1 Å². The van der Waals surface area contributed by atoms with Gasteiger partial charge in [-0.05, 0) is 30.7 Å². The number of carbonyl (C=O) groups is 1. The van der Waals surface area contributed by atoms with Crippen LogP contribution in [-0.2, 0) is 18.4 Å². The molecule has 1 heterocycles. The van der Waals surface area contributed by atoms with Gasteiger partial charge in [0.05, 0.1) is 10.3 Å². The Bertz CT molecular complexity index is 960. The van der Waals surface area contributed by atoms with Crippen LogP contribution in [0.1, 0.15) is 12.5 Å². The number of carbonyl (C=O) groups excluding carboxylic acids is 1. The molecule has 27 heavy (non-hydrogen) atoms. The van der Waals surface area contributed by atoms with Crippen molar-refractivity contribution in [3.8, 4) is 11.4 Å². The third kappa shape index (κ3) is 4.64. The third-order valence-electron chi connectivity index (χ3n) is 4.01. The smallest absolute Gasteiger partial charge is 0.233 e. The van der Waals surface area contributed by atoms with Gasteiger partial charge in [0.25, 0.3) is 0 Å². The summed E-state index contributed by atoms with van der Waals surface area (Å²) in [7, 11) is 1.86. The highest BCUT2D eigenvalue weighted by Crippen LogP contribution is 2.29. The number of nitrogens with zero attached hydrogens (tertiary/aromatic N) is 3. The van der Waals surface area contributed by atoms with Gasteiger partial charge >= 0.3 is 0 Å². The molecule has 1 unspecified atom stereocenters. The summed E-state index contributed by atoms with van der Waals surface area (Å²) in [6, 6.07) is 14.9. The molecule has 1 N–H and O–H groups in total. The SMILES string of the molecule is CC(Sc1nnc(-c2ccccc2Cl)n1C)C(=O)NCc1ccccc1Cl. The zero-order chi connectivity index (χ0) is 19.4. The third-order valence-corrected chi connectivity index (χ3v) is 5.84. The molecule has 1 aromatic heterocycles. The summed E-state index contributed by atoms with van der Waals surface area (Å²) in [6.45, 7) is 2.21. The Morgan fingerprint density at radius 1 is 1.11 bits per heavy atom. The molecule has 3 aromatic rings. The Hall–Kier alpha value is -2.02. The first kappa shape index (κ1) is 19.7. The molecular formula is C19H18Cl2N4OS. The van der Waals surface area contributed by atoms with Gasteiger partial charge in [0.2, 0.25) is 5.91 Å². The Labute approximate surface area is 172 Å². The van der Waals surface area contributed by atoms with Crippen molar-refractivity contribution in [3.05, 3.63) is 64.1 Å². The van der Waals surface area contributed by atoms with Gasteiger partial charge in [-0.15, -0.1) is 10.2 Å². The minimum absolute atomic E-state index is 0.0952. The first-order chi connectivity index (χ1) is 13.0. The fourth-order valence-electron chi connectivity index (χ4n) is 2.47. The van der Waals surface area contributed by atoms with E-state index >= 15 is 0 Å². The lowest BCUT2D eigenvalue weighted by Gasteiger charge is -2.12. The first-order valence-electron chi connectivity index (χ1n) is 8.29. The molecule has 0 radical (unpaired) electrons. The molecule has 5 nitrogen and oxygen atoms in total. The van der Waals surface area contributed by atoms with Gasteiger partial charge in [-0.1, -0.05) is 65.3 Å². The Morgan fingerprint density at radius 3 is 2.48 bits per heavy atom. The van der Waals surface area contributed by atoms with E-state index in [1.54, 1.807) is 6.07 Å². The van der Waals surface area contributed by atoms with Crippen molar-refractivity contribution in [2.75, 3.05) is 0 Å². The molecule has 0 saturated carbocycles. The summed E-state index contributed by atoms with van der Waals surface area (Å²) < 4.78 is 1.84. The average Bonchev–Trinajstić information content (AvgIpc) is 3.01. The van der Waals surface area contributed by atoms with Crippen molar-refractivity contribution in [2.24, 2.45) is 7.05 Å². The Kier molecular flexibility index (Phi) is 6.42. The standard InChI is InChI=1S/C19H18Cl2N4OS/c1-12(18(26)22-11-13-7-3-5-9-15(13)20)27-19-24-23-17(25(19)2)14-8-4-6-10-16(14)21/h3-10,12H,11H2,1-2H3,(H,22,26). The summed E-state index contributed by atoms with van der Waals surface area (Å²) in [6.07, 6.45) is 0. The van der Waals surface area contributed by atoms with Crippen LogP contribution in [0.15, 0.2) is 53.7 Å². The van der Waals surface area contributed by atoms with Crippen LogP contribution in [0.2, 0.25) is 10.0 Å². The van der Waals surface area contributed by atoms with Crippen LogP contribution in [0.3, 0.4) is 0 Å². The van der Waals surface area contributed by atoms with E-state index in [0.717, 1.165) is 11.1 Å². The van der Waals surface area contributed by atoms with Gasteiger partial charge < -0.3 is 9.88 Å². The van der Waals surface area contributed by atoms with Gasteiger partial charge in [0, 0.05) is 24.2 Å². The highest BCUT2D eigenvalue weighted by molar-refractivity contribution is 8.00. The first-order valence-corrected chi connectivity index (χ1v) is 9.93. The van der Waals surface area contributed by atoms with E-state index in [-0.39, 0.29) is 11.2 Å². The monoisotopic (exact) mass is 420 g/mol. The predicted molar refractivity (Wildman–Crippen MR) is 110 cm³/mol. The largest absolute Gasteiger partial charge is 0.351 e. The molecule has 8 heteroatoms. The zero-order valence-corrected chi connectivity index (χ0v) is 17.1. The number of amides is 1. The minimum Gasteiger partial charge on any atom is -0.351 e. The van der Waals surface area contributed by atoms with E-state index in [2.05, 4.69) is 15.5 Å². The molecule has 1 atom stereocenters. The average molecular weight is 421 g/mol. The maximum atomic E-state index is 12.4. The summed E-state index contributed by atoms with van der Waals surface area (Å²) in [5.41, 5.74) is 1.68. The fraction of sp³-hybridized carbons (Fsp3) is 0.211. The normalized spacial score (nSPS) is 12.0. The van der Waals surface area contributed by atoms with Crippen molar-refractivity contribution in [3.63, 3.8) is 0 Å². The molecule has 0 saturated heterocycles. The van der Waals surface area contributed by atoms with Crippen LogP contribution in [-0.4, -0.2) is 25.9 Å². The molecular weight excluding hydrogens is 403 g/mol. The second kappa shape index (κ2) is 8.78. The number of hydrogen-bond donors (Lipinski definition) is 1. The second-order valence-corrected chi connectivity index (χ2v) is 8.04. The Morgan fingerprint density at radius 2 is 1.78 bits per heavy atom. The lowest BCUT2D eigenvalue weighted by atomic mass is 10.2. The van der Waals surface area contributed by atoms with Gasteiger partial charge in [0.1, 0.15) is 0 Å². The number of halogens is 2. The van der Waals surface area contributed by atoms with Crippen molar-refractivity contribution < 1.29 is 4.79 Å². The lowest BCUT2D eigenvalue weighted by Crippen LogP contribution is -2.30. The molecule has 0 fully saturated rings. The van der Waals surface area contributed by atoms with E-state index in [4.69, 9.17) is 23.2 Å². The number of benzene rings is 2. The van der Waals surface area contributed by atoms with E-state index < -0.39 is 0 Å². The molecule has 0 aliphatic heterocycles. The van der Waals surface area contributed by atoms with Crippen LogP contribution in [0, 0.1) is 0 Å². The molecule has 0 aliphatic rings. The molecule has 2 aromatic carbocycles. The van der Waals surface area contributed by atoms with Crippen molar-refractivity contribution in [2.45, 2.75) is 23.9 Å². The van der Waals surface area contributed by atoms with Crippen molar-refractivity contribution >= 4 is 40.9 Å². The minimum atomic E-state index is -0.338. The number of nitrogens with one attached hydrogen (secondary N) is 1. The molecule has 0 aliphatic carbocycles. The number of aromatic nitrogens is 3. The molecule has 140 valence electrons. The quantitative estimate of drug-likeness (QED) is 0.592. The number of rotatable bonds is 6. The second-order valence-electron chi connectivity index (χ2n) is 5.91. The topological polar surface area (TPSA) is 59.8 Å². The molecule has 0 bridgehead atoms. The predicted octanol–water partition coefficient (Wildman–Crippen LogP) is 4.59. The lowest BCUT2D eigenvalue weighted by molar-refractivity contribution is -0.120. The van der Waals surface area contributed by atoms with Gasteiger partial charge in [0.15, 0.2) is 11.0 Å². The maximum Gasteiger partial charge on any atom is 0.233 e. The Balaban J connectivity index is 1.66. The van der Waals surface area contributed by atoms with E-state index in [0.29, 0.717) is 27.6 Å². The van der Waals surface area contributed by atoms with Crippen LogP contribution < -0.4 is 5.32 Å². The van der Waals surface area contributed by atoms with E-state index in [9.17, 15) is 4.79 Å². The fourth-order valence-corrected chi connectivity index (χ4v) is 3.74. The van der Waals surface area contributed by atoms with E-state index in [1.165, 1.54) is 11.8 Å². The van der Waals surface area contributed by atoms with Gasteiger partial charge in [-0.2, -0.15) is 0 Å². The van der Waals surface area contributed by atoms with Crippen LogP contribution in [0.25, 0.3) is 11.4 Å². The summed E-state index contributed by atoms with van der Waals surface area (Å²) >= 11 is 13.7. The highest BCUT2D eigenvalue weighted by atomic mass is 35.5.